The van der Waals surface area contributed by atoms with Crippen molar-refractivity contribution in [2.45, 2.75) is 44.4 Å². The number of carbonyl (C=O) groups is 1. The van der Waals surface area contributed by atoms with Crippen LogP contribution in [-0.2, 0) is 4.74 Å². The van der Waals surface area contributed by atoms with E-state index in [1.165, 1.54) is 31.5 Å². The van der Waals surface area contributed by atoms with Crippen LogP contribution in [0.1, 0.15) is 37.9 Å². The number of rotatable bonds is 4. The van der Waals surface area contributed by atoms with Gasteiger partial charge in [-0.1, -0.05) is 30.3 Å². The maximum atomic E-state index is 11.1. The van der Waals surface area contributed by atoms with E-state index in [1.807, 2.05) is 6.07 Å². The van der Waals surface area contributed by atoms with Crippen LogP contribution in [-0.4, -0.2) is 59.3 Å². The molecule has 4 fully saturated rings. The number of amides is 1. The minimum absolute atomic E-state index is 0.174. The normalized spacial score (nSPS) is 39.7. The number of piperidine rings is 1. The maximum absolute atomic E-state index is 11.1. The molecule has 1 aromatic carbocycles. The molecule has 140 valence electrons. The zero-order valence-electron chi connectivity index (χ0n) is 15.4. The summed E-state index contributed by atoms with van der Waals surface area (Å²) in [4.78, 5) is 15.4. The van der Waals surface area contributed by atoms with Gasteiger partial charge in [-0.15, -0.1) is 0 Å². The quantitative estimate of drug-likeness (QED) is 0.900. The SMILES string of the molecule is C[C@H](OC1[C@@H]2CN(C3CC4(CCN(C(=O)O)C4)C3)C[C@@H]12)c1ccccc1. The van der Waals surface area contributed by atoms with Gasteiger partial charge in [0.05, 0.1) is 12.2 Å². The fourth-order valence-corrected chi connectivity index (χ4v) is 5.67. The van der Waals surface area contributed by atoms with Gasteiger partial charge in [0.15, 0.2) is 0 Å². The number of hydrogen-bond donors (Lipinski definition) is 1. The largest absolute Gasteiger partial charge is 0.465 e. The third-order valence-corrected chi connectivity index (χ3v) is 7.34. The molecule has 0 radical (unpaired) electrons. The van der Waals surface area contributed by atoms with E-state index in [0.717, 1.165) is 19.5 Å². The summed E-state index contributed by atoms with van der Waals surface area (Å²) in [5, 5.41) is 9.17. The van der Waals surface area contributed by atoms with Crippen LogP contribution in [0, 0.1) is 17.3 Å². The van der Waals surface area contributed by atoms with Gasteiger partial charge in [0, 0.05) is 44.1 Å². The summed E-state index contributed by atoms with van der Waals surface area (Å²) < 4.78 is 6.33. The van der Waals surface area contributed by atoms with Crippen molar-refractivity contribution >= 4 is 6.09 Å². The molecule has 2 saturated carbocycles. The Hall–Kier alpha value is -1.59. The lowest BCUT2D eigenvalue weighted by Crippen LogP contribution is -2.52. The van der Waals surface area contributed by atoms with Gasteiger partial charge in [-0.25, -0.2) is 4.79 Å². The first-order valence-corrected chi connectivity index (χ1v) is 9.97. The highest BCUT2D eigenvalue weighted by atomic mass is 16.5. The van der Waals surface area contributed by atoms with E-state index in [1.54, 1.807) is 4.90 Å². The molecule has 26 heavy (non-hydrogen) atoms. The third kappa shape index (κ3) is 2.72. The Morgan fingerprint density at radius 1 is 1.23 bits per heavy atom. The topological polar surface area (TPSA) is 53.0 Å². The van der Waals surface area contributed by atoms with Crippen molar-refractivity contribution < 1.29 is 14.6 Å². The molecule has 1 spiro atoms. The van der Waals surface area contributed by atoms with E-state index in [0.29, 0.717) is 24.0 Å². The molecule has 4 aliphatic rings. The number of likely N-dealkylation sites (tertiary alicyclic amines) is 2. The van der Waals surface area contributed by atoms with E-state index >= 15 is 0 Å². The first kappa shape index (κ1) is 16.6. The maximum Gasteiger partial charge on any atom is 0.407 e. The van der Waals surface area contributed by atoms with Crippen LogP contribution in [0.2, 0.25) is 0 Å². The van der Waals surface area contributed by atoms with Crippen molar-refractivity contribution in [1.82, 2.24) is 9.80 Å². The van der Waals surface area contributed by atoms with E-state index in [2.05, 4.69) is 36.1 Å². The van der Waals surface area contributed by atoms with E-state index < -0.39 is 6.09 Å². The molecule has 5 heteroatoms. The first-order valence-electron chi connectivity index (χ1n) is 9.97. The van der Waals surface area contributed by atoms with Crippen LogP contribution in [0.5, 0.6) is 0 Å². The fraction of sp³-hybridized carbons (Fsp3) is 0.667. The number of benzene rings is 1. The number of fused-ring (bicyclic) bond motifs is 1. The molecule has 2 saturated heterocycles. The Balaban J connectivity index is 1.09. The third-order valence-electron chi connectivity index (χ3n) is 7.34. The molecule has 0 unspecified atom stereocenters. The van der Waals surface area contributed by atoms with E-state index in [4.69, 9.17) is 9.84 Å². The predicted octanol–water partition coefficient (Wildman–Crippen LogP) is 3.23. The number of carboxylic acid groups (broad SMARTS) is 1. The van der Waals surface area contributed by atoms with Crippen molar-refractivity contribution in [2.75, 3.05) is 26.2 Å². The highest BCUT2D eigenvalue weighted by Gasteiger charge is 2.60. The molecule has 2 aliphatic heterocycles. The van der Waals surface area contributed by atoms with Crippen LogP contribution in [0.15, 0.2) is 30.3 Å². The second-order valence-electron chi connectivity index (χ2n) is 8.95. The molecular weight excluding hydrogens is 328 g/mol. The molecule has 1 N–H and O–H groups in total. The van der Waals surface area contributed by atoms with Crippen molar-refractivity contribution in [3.8, 4) is 0 Å². The lowest BCUT2D eigenvalue weighted by Gasteiger charge is -2.49. The Bertz CT molecular complexity index is 676. The van der Waals surface area contributed by atoms with Crippen LogP contribution in [0.25, 0.3) is 0 Å². The molecule has 1 amide bonds. The average molecular weight is 356 g/mol. The molecule has 5 nitrogen and oxygen atoms in total. The number of hydrogen-bond acceptors (Lipinski definition) is 3. The fourth-order valence-electron chi connectivity index (χ4n) is 5.67. The monoisotopic (exact) mass is 356 g/mol. The zero-order chi connectivity index (χ0) is 17.9. The average Bonchev–Trinajstić information content (AvgIpc) is 3.00. The standard InChI is InChI=1S/C21H28N2O3/c1-14(15-5-3-2-4-6-15)26-19-17-11-23(12-18(17)19)16-9-21(10-16)7-8-22(13-21)20(24)25/h2-6,14,16-19H,7-13H2,1H3,(H,24,25)/t14-,16?,17+,18+,21?/m0/s1. The van der Waals surface area contributed by atoms with Gasteiger partial charge in [0.25, 0.3) is 0 Å². The second kappa shape index (κ2) is 5.96. The Morgan fingerprint density at radius 3 is 2.54 bits per heavy atom. The lowest BCUT2D eigenvalue weighted by atomic mass is 9.64. The molecule has 2 aliphatic carbocycles. The number of nitrogens with zero attached hydrogens (tertiary/aromatic N) is 2. The summed E-state index contributed by atoms with van der Waals surface area (Å²) in [5.74, 6) is 1.41. The summed E-state index contributed by atoms with van der Waals surface area (Å²) in [7, 11) is 0. The van der Waals surface area contributed by atoms with Gasteiger partial charge >= 0.3 is 6.09 Å². The Labute approximate surface area is 154 Å². The summed E-state index contributed by atoms with van der Waals surface area (Å²) >= 11 is 0. The summed E-state index contributed by atoms with van der Waals surface area (Å²) in [6.07, 6.45) is 3.28. The van der Waals surface area contributed by atoms with Gasteiger partial charge in [-0.05, 0) is 37.2 Å². The van der Waals surface area contributed by atoms with Crippen LogP contribution in [0.4, 0.5) is 4.79 Å². The highest BCUT2D eigenvalue weighted by Crippen LogP contribution is 2.55. The van der Waals surface area contributed by atoms with Crippen molar-refractivity contribution in [3.05, 3.63) is 35.9 Å². The van der Waals surface area contributed by atoms with Crippen molar-refractivity contribution in [1.29, 1.82) is 0 Å². The summed E-state index contributed by atoms with van der Waals surface area (Å²) in [5.41, 5.74) is 1.55. The van der Waals surface area contributed by atoms with Gasteiger partial charge in [-0.3, -0.25) is 4.90 Å². The second-order valence-corrected chi connectivity index (χ2v) is 8.95. The summed E-state index contributed by atoms with van der Waals surface area (Å²) in [6, 6.07) is 11.2. The first-order chi connectivity index (χ1) is 12.5. The van der Waals surface area contributed by atoms with Crippen molar-refractivity contribution in [2.24, 2.45) is 17.3 Å². The highest BCUT2D eigenvalue weighted by molar-refractivity contribution is 5.65. The predicted molar refractivity (Wildman–Crippen MR) is 98.0 cm³/mol. The minimum atomic E-state index is -0.750. The molecule has 1 aromatic rings. The van der Waals surface area contributed by atoms with E-state index in [-0.39, 0.29) is 11.5 Å². The molecule has 0 bridgehead atoms. The van der Waals surface area contributed by atoms with Crippen molar-refractivity contribution in [3.63, 3.8) is 0 Å². The van der Waals surface area contributed by atoms with Gasteiger partial charge < -0.3 is 14.7 Å². The molecule has 5 rings (SSSR count). The number of ether oxygens (including phenoxy) is 1. The lowest BCUT2D eigenvalue weighted by molar-refractivity contribution is -0.0132. The van der Waals surface area contributed by atoms with Gasteiger partial charge in [-0.2, -0.15) is 0 Å². The summed E-state index contributed by atoms with van der Waals surface area (Å²) in [6.45, 7) is 5.96. The smallest absolute Gasteiger partial charge is 0.407 e. The molecule has 0 aromatic heterocycles. The Kier molecular flexibility index (Phi) is 3.80. The molecule has 3 atom stereocenters. The van der Waals surface area contributed by atoms with Gasteiger partial charge in [0.1, 0.15) is 0 Å². The minimum Gasteiger partial charge on any atom is -0.465 e. The van der Waals surface area contributed by atoms with E-state index in [9.17, 15) is 4.79 Å². The van der Waals surface area contributed by atoms with Gasteiger partial charge in [0.2, 0.25) is 0 Å². The Morgan fingerprint density at radius 2 is 1.92 bits per heavy atom. The van der Waals surface area contributed by atoms with Crippen LogP contribution >= 0.6 is 0 Å². The zero-order valence-corrected chi connectivity index (χ0v) is 15.4. The molecular formula is C21H28N2O3. The van der Waals surface area contributed by atoms with Crippen LogP contribution < -0.4 is 0 Å². The van der Waals surface area contributed by atoms with Crippen LogP contribution in [0.3, 0.4) is 0 Å². The molecule has 2 heterocycles.